The summed E-state index contributed by atoms with van der Waals surface area (Å²) in [5.41, 5.74) is 0.373. The maximum absolute atomic E-state index is 11.9. The third-order valence-electron chi connectivity index (χ3n) is 3.81. The number of esters is 1. The summed E-state index contributed by atoms with van der Waals surface area (Å²) >= 11 is 0. The Hall–Kier alpha value is -2.57. The fraction of sp³-hybridized carbons (Fsp3) is 0.471. The summed E-state index contributed by atoms with van der Waals surface area (Å²) in [6, 6.07) is 6.66. The van der Waals surface area contributed by atoms with Gasteiger partial charge in [-0.15, -0.1) is 0 Å². The van der Waals surface area contributed by atoms with Crippen LogP contribution in [0.1, 0.15) is 30.1 Å². The van der Waals surface area contributed by atoms with Gasteiger partial charge in [0.05, 0.1) is 7.11 Å². The zero-order chi connectivity index (χ0) is 17.5. The van der Waals surface area contributed by atoms with Gasteiger partial charge in [-0.25, -0.2) is 0 Å². The lowest BCUT2D eigenvalue weighted by molar-refractivity contribution is -0.147. The normalized spacial score (nSPS) is 14.4. The van der Waals surface area contributed by atoms with Crippen LogP contribution in [0.5, 0.6) is 5.75 Å². The first-order chi connectivity index (χ1) is 11.5. The van der Waals surface area contributed by atoms with Gasteiger partial charge in [0.1, 0.15) is 12.3 Å². The number of hydrogen-bond acceptors (Lipinski definition) is 5. The van der Waals surface area contributed by atoms with Crippen LogP contribution in [0.15, 0.2) is 24.3 Å². The Bertz CT molecular complexity index is 613. The standard InChI is InChI=1S/C17H22N2O5/c1-11(12-6-7-12)19-15(20)10-24-16(21)9-18-17(22)13-4-3-5-14(8-13)23-2/h3-5,8,11-12H,6-7,9-10H2,1-2H3,(H,18,22)(H,19,20)/t11-/m0/s1. The highest BCUT2D eigenvalue weighted by Gasteiger charge is 2.28. The minimum atomic E-state index is -0.666. The Kier molecular flexibility index (Phi) is 6.17. The minimum Gasteiger partial charge on any atom is -0.497 e. The van der Waals surface area contributed by atoms with E-state index in [-0.39, 0.29) is 25.1 Å². The van der Waals surface area contributed by atoms with Crippen LogP contribution in [-0.4, -0.2) is 44.1 Å². The SMILES string of the molecule is COc1cccc(C(=O)NCC(=O)OCC(=O)N[C@@H](C)C2CC2)c1. The van der Waals surface area contributed by atoms with Crippen LogP contribution in [0.25, 0.3) is 0 Å². The van der Waals surface area contributed by atoms with Crippen molar-refractivity contribution < 1.29 is 23.9 Å². The van der Waals surface area contributed by atoms with Crippen molar-refractivity contribution in [1.82, 2.24) is 10.6 Å². The quantitative estimate of drug-likeness (QED) is 0.689. The second-order valence-electron chi connectivity index (χ2n) is 5.77. The molecule has 0 bridgehead atoms. The second-order valence-corrected chi connectivity index (χ2v) is 5.77. The first-order valence-electron chi connectivity index (χ1n) is 7.87. The Morgan fingerprint density at radius 3 is 2.71 bits per heavy atom. The smallest absolute Gasteiger partial charge is 0.325 e. The van der Waals surface area contributed by atoms with Crippen LogP contribution in [-0.2, 0) is 14.3 Å². The Labute approximate surface area is 140 Å². The fourth-order valence-electron chi connectivity index (χ4n) is 2.23. The van der Waals surface area contributed by atoms with Crippen molar-refractivity contribution in [3.63, 3.8) is 0 Å². The van der Waals surface area contributed by atoms with E-state index in [1.54, 1.807) is 24.3 Å². The number of hydrogen-bond donors (Lipinski definition) is 2. The first kappa shape index (κ1) is 17.8. The Balaban J connectivity index is 1.68. The van der Waals surface area contributed by atoms with Gasteiger partial charge >= 0.3 is 5.97 Å². The van der Waals surface area contributed by atoms with Crippen molar-refractivity contribution in [2.45, 2.75) is 25.8 Å². The molecule has 2 rings (SSSR count). The maximum atomic E-state index is 11.9. The third-order valence-corrected chi connectivity index (χ3v) is 3.81. The number of ether oxygens (including phenoxy) is 2. The molecule has 0 radical (unpaired) electrons. The van der Waals surface area contributed by atoms with E-state index in [0.717, 1.165) is 12.8 Å². The molecule has 7 heteroatoms. The van der Waals surface area contributed by atoms with E-state index in [9.17, 15) is 14.4 Å². The van der Waals surface area contributed by atoms with Crippen LogP contribution in [0.2, 0.25) is 0 Å². The summed E-state index contributed by atoms with van der Waals surface area (Å²) in [4.78, 5) is 35.2. The van der Waals surface area contributed by atoms with Gasteiger partial charge < -0.3 is 20.1 Å². The highest BCUT2D eigenvalue weighted by Crippen LogP contribution is 2.32. The van der Waals surface area contributed by atoms with E-state index in [4.69, 9.17) is 9.47 Å². The van der Waals surface area contributed by atoms with Gasteiger partial charge in [-0.1, -0.05) is 6.07 Å². The van der Waals surface area contributed by atoms with Crippen LogP contribution < -0.4 is 15.4 Å². The average molecular weight is 334 g/mol. The highest BCUT2D eigenvalue weighted by molar-refractivity contribution is 5.96. The molecule has 1 aromatic carbocycles. The summed E-state index contributed by atoms with van der Waals surface area (Å²) < 4.78 is 9.88. The minimum absolute atomic E-state index is 0.101. The second kappa shape index (κ2) is 8.33. The Morgan fingerprint density at radius 2 is 2.04 bits per heavy atom. The molecule has 24 heavy (non-hydrogen) atoms. The van der Waals surface area contributed by atoms with E-state index in [0.29, 0.717) is 17.2 Å². The summed E-state index contributed by atoms with van der Waals surface area (Å²) in [6.45, 7) is 1.29. The number of nitrogens with one attached hydrogen (secondary N) is 2. The molecule has 0 aromatic heterocycles. The molecule has 1 atom stereocenters. The summed E-state index contributed by atoms with van der Waals surface area (Å²) in [7, 11) is 1.50. The molecule has 0 unspecified atom stereocenters. The van der Waals surface area contributed by atoms with Crippen molar-refractivity contribution in [2.75, 3.05) is 20.3 Å². The van der Waals surface area contributed by atoms with Crippen molar-refractivity contribution in [2.24, 2.45) is 5.92 Å². The zero-order valence-electron chi connectivity index (χ0n) is 13.8. The van der Waals surface area contributed by atoms with Gasteiger partial charge in [0.15, 0.2) is 6.61 Å². The number of rotatable bonds is 8. The lowest BCUT2D eigenvalue weighted by Gasteiger charge is -2.12. The van der Waals surface area contributed by atoms with Gasteiger partial charge in [0.2, 0.25) is 0 Å². The predicted molar refractivity (Wildman–Crippen MR) is 86.6 cm³/mol. The molecule has 1 aromatic rings. The Morgan fingerprint density at radius 1 is 1.29 bits per heavy atom. The third kappa shape index (κ3) is 5.57. The monoisotopic (exact) mass is 334 g/mol. The number of methoxy groups -OCH3 is 1. The number of carbonyl (C=O) groups excluding carboxylic acids is 3. The van der Waals surface area contributed by atoms with Gasteiger partial charge in [0.25, 0.3) is 11.8 Å². The largest absolute Gasteiger partial charge is 0.497 e. The molecule has 1 aliphatic rings. The van der Waals surface area contributed by atoms with Crippen LogP contribution >= 0.6 is 0 Å². The number of carbonyl (C=O) groups is 3. The van der Waals surface area contributed by atoms with E-state index < -0.39 is 11.9 Å². The van der Waals surface area contributed by atoms with Crippen LogP contribution in [0, 0.1) is 5.92 Å². The molecule has 130 valence electrons. The molecule has 7 nitrogen and oxygen atoms in total. The van der Waals surface area contributed by atoms with E-state index in [2.05, 4.69) is 10.6 Å². The fourth-order valence-corrected chi connectivity index (χ4v) is 2.23. The van der Waals surface area contributed by atoms with Crippen molar-refractivity contribution in [3.05, 3.63) is 29.8 Å². The topological polar surface area (TPSA) is 93.7 Å². The molecule has 0 heterocycles. The molecule has 0 saturated heterocycles. The summed E-state index contributed by atoms with van der Waals surface area (Å²) in [5.74, 6) is -0.335. The zero-order valence-corrected chi connectivity index (χ0v) is 13.8. The molecule has 1 aliphatic carbocycles. The van der Waals surface area contributed by atoms with E-state index in [1.807, 2.05) is 6.92 Å². The highest BCUT2D eigenvalue weighted by atomic mass is 16.5. The molecule has 1 saturated carbocycles. The van der Waals surface area contributed by atoms with E-state index in [1.165, 1.54) is 7.11 Å². The van der Waals surface area contributed by atoms with Gasteiger partial charge in [0, 0.05) is 11.6 Å². The molecular weight excluding hydrogens is 312 g/mol. The van der Waals surface area contributed by atoms with Crippen molar-refractivity contribution in [1.29, 1.82) is 0 Å². The van der Waals surface area contributed by atoms with Crippen molar-refractivity contribution >= 4 is 17.8 Å². The van der Waals surface area contributed by atoms with Gasteiger partial charge in [-0.2, -0.15) is 0 Å². The lowest BCUT2D eigenvalue weighted by atomic mass is 10.2. The average Bonchev–Trinajstić information content (AvgIpc) is 3.43. The van der Waals surface area contributed by atoms with Crippen molar-refractivity contribution in [3.8, 4) is 5.75 Å². The van der Waals surface area contributed by atoms with Crippen LogP contribution in [0.3, 0.4) is 0 Å². The molecule has 0 spiro atoms. The lowest BCUT2D eigenvalue weighted by Crippen LogP contribution is -2.38. The summed E-state index contributed by atoms with van der Waals surface area (Å²) in [6.07, 6.45) is 2.25. The maximum Gasteiger partial charge on any atom is 0.325 e. The summed E-state index contributed by atoms with van der Waals surface area (Å²) in [5, 5.41) is 5.23. The van der Waals surface area contributed by atoms with Gasteiger partial charge in [-0.3, -0.25) is 14.4 Å². The molecule has 2 N–H and O–H groups in total. The van der Waals surface area contributed by atoms with E-state index >= 15 is 0 Å². The molecule has 1 fully saturated rings. The number of amides is 2. The molecule has 2 amide bonds. The molecule has 0 aliphatic heterocycles. The molecular formula is C17H22N2O5. The van der Waals surface area contributed by atoms with Crippen LogP contribution in [0.4, 0.5) is 0 Å². The van der Waals surface area contributed by atoms with Gasteiger partial charge in [-0.05, 0) is 43.9 Å². The first-order valence-corrected chi connectivity index (χ1v) is 7.87. The number of benzene rings is 1. The predicted octanol–water partition coefficient (Wildman–Crippen LogP) is 0.883.